The van der Waals surface area contributed by atoms with Gasteiger partial charge in [-0.2, -0.15) is 0 Å². The summed E-state index contributed by atoms with van der Waals surface area (Å²) < 4.78 is 0. The first-order valence-corrected chi connectivity index (χ1v) is 10.0. The zero-order valence-corrected chi connectivity index (χ0v) is 14.1. The minimum absolute atomic E-state index is 0.541. The van der Waals surface area contributed by atoms with Crippen molar-refractivity contribution >= 4 is 33.3 Å². The Morgan fingerprint density at radius 1 is 0.950 bits per heavy atom. The van der Waals surface area contributed by atoms with E-state index in [-0.39, 0.29) is 0 Å². The van der Waals surface area contributed by atoms with Crippen molar-refractivity contribution in [3.8, 4) is 0 Å². The molecule has 6 heteroatoms. The standard InChI is InChI=1S/C14H28N4S2/c1-17-13(15)8-10-19-20-11-9-14(16)18-12-6-4-2-3-5-7-12/h12H,2-11H2,1H3,(H2,15,17)(H2,16,18). The average molecular weight is 317 g/mol. The zero-order chi connectivity index (χ0) is 14.6. The molecule has 0 heterocycles. The normalized spacial score (nSPS) is 16.4. The van der Waals surface area contributed by atoms with Crippen molar-refractivity contribution in [2.45, 2.75) is 57.4 Å². The Kier molecular flexibility index (Phi) is 10.0. The minimum Gasteiger partial charge on any atom is -0.377 e. The Morgan fingerprint density at radius 2 is 1.50 bits per heavy atom. The van der Waals surface area contributed by atoms with Crippen LogP contribution < -0.4 is 10.6 Å². The number of nitrogens with one attached hydrogen (secondary N) is 4. The number of hydrogen-bond acceptors (Lipinski definition) is 4. The SMILES string of the molecule is CNC(=N)CCSSCCC(=N)NC1CCCCCC1. The third kappa shape index (κ3) is 8.74. The summed E-state index contributed by atoms with van der Waals surface area (Å²) in [6, 6.07) is 0.541. The summed E-state index contributed by atoms with van der Waals surface area (Å²) in [6.45, 7) is 0. The molecule has 4 nitrogen and oxygen atoms in total. The van der Waals surface area contributed by atoms with Gasteiger partial charge in [0.15, 0.2) is 0 Å². The smallest absolute Gasteiger partial charge is 0.0942 e. The third-order valence-electron chi connectivity index (χ3n) is 3.49. The van der Waals surface area contributed by atoms with Crippen LogP contribution in [0.4, 0.5) is 0 Å². The molecule has 0 bridgehead atoms. The highest BCUT2D eigenvalue weighted by Gasteiger charge is 2.12. The van der Waals surface area contributed by atoms with Crippen LogP contribution in [0.2, 0.25) is 0 Å². The van der Waals surface area contributed by atoms with E-state index in [2.05, 4.69) is 10.6 Å². The van der Waals surface area contributed by atoms with E-state index in [1.165, 1.54) is 38.5 Å². The van der Waals surface area contributed by atoms with Crippen LogP contribution in [0.3, 0.4) is 0 Å². The van der Waals surface area contributed by atoms with E-state index in [0.29, 0.717) is 17.7 Å². The molecule has 0 saturated heterocycles. The molecule has 0 unspecified atom stereocenters. The quantitative estimate of drug-likeness (QED) is 0.181. The van der Waals surface area contributed by atoms with Crippen molar-refractivity contribution in [2.24, 2.45) is 0 Å². The highest BCUT2D eigenvalue weighted by molar-refractivity contribution is 8.76. The van der Waals surface area contributed by atoms with Gasteiger partial charge in [-0.1, -0.05) is 47.3 Å². The van der Waals surface area contributed by atoms with Crippen LogP contribution in [0, 0.1) is 10.8 Å². The molecule has 0 aromatic rings. The van der Waals surface area contributed by atoms with E-state index < -0.39 is 0 Å². The molecule has 1 rings (SSSR count). The van der Waals surface area contributed by atoms with Gasteiger partial charge in [0.1, 0.15) is 0 Å². The highest BCUT2D eigenvalue weighted by Crippen LogP contribution is 2.23. The maximum atomic E-state index is 8.00. The Bertz CT molecular complexity index is 289. The summed E-state index contributed by atoms with van der Waals surface area (Å²) in [5.41, 5.74) is 0. The van der Waals surface area contributed by atoms with Gasteiger partial charge in [0.25, 0.3) is 0 Å². The largest absolute Gasteiger partial charge is 0.377 e. The Labute approximate surface area is 131 Å². The van der Waals surface area contributed by atoms with Crippen LogP contribution >= 0.6 is 21.6 Å². The summed E-state index contributed by atoms with van der Waals surface area (Å²) in [4.78, 5) is 0. The molecule has 20 heavy (non-hydrogen) atoms. The predicted octanol–water partition coefficient (Wildman–Crippen LogP) is 3.63. The van der Waals surface area contributed by atoms with Gasteiger partial charge in [0.05, 0.1) is 11.7 Å². The molecule has 0 amide bonds. The van der Waals surface area contributed by atoms with Crippen molar-refractivity contribution in [1.82, 2.24) is 10.6 Å². The fraction of sp³-hybridized carbons (Fsp3) is 0.857. The molecule has 0 aromatic heterocycles. The monoisotopic (exact) mass is 316 g/mol. The van der Waals surface area contributed by atoms with Gasteiger partial charge in [0, 0.05) is 37.4 Å². The van der Waals surface area contributed by atoms with Crippen LogP contribution in [0.5, 0.6) is 0 Å². The summed E-state index contributed by atoms with van der Waals surface area (Å²) in [6.07, 6.45) is 9.44. The first kappa shape index (κ1) is 17.7. The van der Waals surface area contributed by atoms with Gasteiger partial charge in [0.2, 0.25) is 0 Å². The third-order valence-corrected chi connectivity index (χ3v) is 5.90. The molecular weight excluding hydrogens is 288 g/mol. The Morgan fingerprint density at radius 3 is 2.05 bits per heavy atom. The second-order valence-electron chi connectivity index (χ2n) is 5.18. The van der Waals surface area contributed by atoms with Crippen LogP contribution in [0.15, 0.2) is 0 Å². The first-order chi connectivity index (χ1) is 9.72. The molecule has 1 aliphatic rings. The van der Waals surface area contributed by atoms with E-state index in [4.69, 9.17) is 10.8 Å². The van der Waals surface area contributed by atoms with E-state index >= 15 is 0 Å². The van der Waals surface area contributed by atoms with Crippen molar-refractivity contribution in [1.29, 1.82) is 10.8 Å². The lowest BCUT2D eigenvalue weighted by Gasteiger charge is -2.17. The van der Waals surface area contributed by atoms with Crippen molar-refractivity contribution in [3.05, 3.63) is 0 Å². The maximum absolute atomic E-state index is 8.00. The highest BCUT2D eigenvalue weighted by atomic mass is 33.1. The molecular formula is C14H28N4S2. The number of amidine groups is 2. The van der Waals surface area contributed by atoms with Gasteiger partial charge in [-0.3, -0.25) is 10.8 Å². The molecule has 0 aliphatic heterocycles. The second-order valence-corrected chi connectivity index (χ2v) is 7.89. The van der Waals surface area contributed by atoms with Crippen molar-refractivity contribution in [2.75, 3.05) is 18.6 Å². The average Bonchev–Trinajstić information content (AvgIpc) is 2.70. The van der Waals surface area contributed by atoms with E-state index in [9.17, 15) is 0 Å². The van der Waals surface area contributed by atoms with Crippen LogP contribution in [-0.2, 0) is 0 Å². The lowest BCUT2D eigenvalue weighted by Crippen LogP contribution is -2.34. The molecule has 4 N–H and O–H groups in total. The maximum Gasteiger partial charge on any atom is 0.0942 e. The topological polar surface area (TPSA) is 71.8 Å². The van der Waals surface area contributed by atoms with E-state index in [0.717, 1.165) is 24.3 Å². The fourth-order valence-electron chi connectivity index (χ4n) is 2.27. The first-order valence-electron chi connectivity index (χ1n) is 7.56. The lowest BCUT2D eigenvalue weighted by atomic mass is 10.1. The predicted molar refractivity (Wildman–Crippen MR) is 93.3 cm³/mol. The Hall–Kier alpha value is -0.360. The summed E-state index contributed by atoms with van der Waals surface area (Å²) >= 11 is 0. The summed E-state index contributed by atoms with van der Waals surface area (Å²) in [5.74, 6) is 3.25. The minimum atomic E-state index is 0.541. The summed E-state index contributed by atoms with van der Waals surface area (Å²) in [5, 5.41) is 21.7. The van der Waals surface area contributed by atoms with Gasteiger partial charge in [-0.15, -0.1) is 0 Å². The Balaban J connectivity index is 1.98. The van der Waals surface area contributed by atoms with E-state index in [1.807, 2.05) is 10.8 Å². The molecule has 116 valence electrons. The van der Waals surface area contributed by atoms with E-state index in [1.54, 1.807) is 17.8 Å². The molecule has 0 spiro atoms. The molecule has 1 aliphatic carbocycles. The molecule has 1 saturated carbocycles. The molecule has 0 atom stereocenters. The number of rotatable bonds is 8. The van der Waals surface area contributed by atoms with Crippen LogP contribution in [-0.4, -0.2) is 36.3 Å². The van der Waals surface area contributed by atoms with Crippen molar-refractivity contribution < 1.29 is 0 Å². The van der Waals surface area contributed by atoms with Gasteiger partial charge in [-0.25, -0.2) is 0 Å². The van der Waals surface area contributed by atoms with Gasteiger partial charge >= 0.3 is 0 Å². The molecule has 0 aromatic carbocycles. The lowest BCUT2D eigenvalue weighted by molar-refractivity contribution is 0.528. The molecule has 1 fully saturated rings. The van der Waals surface area contributed by atoms with Crippen LogP contribution in [0.1, 0.15) is 51.4 Å². The molecule has 0 radical (unpaired) electrons. The van der Waals surface area contributed by atoms with Crippen molar-refractivity contribution in [3.63, 3.8) is 0 Å². The zero-order valence-electron chi connectivity index (χ0n) is 12.5. The van der Waals surface area contributed by atoms with Gasteiger partial charge < -0.3 is 10.6 Å². The fourth-order valence-corrected chi connectivity index (χ4v) is 4.29. The number of hydrogen-bond donors (Lipinski definition) is 4. The second kappa shape index (κ2) is 11.3. The summed E-state index contributed by atoms with van der Waals surface area (Å²) in [7, 11) is 5.40. The van der Waals surface area contributed by atoms with Crippen LogP contribution in [0.25, 0.3) is 0 Å². The van der Waals surface area contributed by atoms with Gasteiger partial charge in [-0.05, 0) is 12.8 Å².